The molecule has 2 rings (SSSR count). The average molecular weight is 379 g/mol. The summed E-state index contributed by atoms with van der Waals surface area (Å²) >= 11 is 6.56. The van der Waals surface area contributed by atoms with Crippen molar-refractivity contribution in [3.8, 4) is 0 Å². The van der Waals surface area contributed by atoms with Gasteiger partial charge in [0.2, 0.25) is 0 Å². The van der Waals surface area contributed by atoms with Gasteiger partial charge < -0.3 is 10.1 Å². The second-order valence-corrected chi connectivity index (χ2v) is 5.37. The van der Waals surface area contributed by atoms with Crippen LogP contribution in [0.15, 0.2) is 15.1 Å². The average Bonchev–Trinajstić information content (AvgIpc) is 2.75. The predicted octanol–water partition coefficient (Wildman–Crippen LogP) is 2.41. The Morgan fingerprint density at radius 3 is 2.56 bits per heavy atom. The van der Waals surface area contributed by atoms with Crippen LogP contribution in [0.1, 0.15) is 11.4 Å². The lowest BCUT2D eigenvalue weighted by atomic mass is 10.3. The number of aromatic nitrogens is 4. The van der Waals surface area contributed by atoms with Crippen LogP contribution in [0, 0.1) is 17.0 Å². The first-order chi connectivity index (χ1) is 8.40. The Morgan fingerprint density at radius 2 is 2.11 bits per heavy atom. The molecule has 0 aromatic carbocycles. The molecule has 2 heterocycles. The van der Waals surface area contributed by atoms with Gasteiger partial charge in [0.25, 0.3) is 0 Å². The van der Waals surface area contributed by atoms with Gasteiger partial charge in [-0.2, -0.15) is 9.78 Å². The Kier molecular flexibility index (Phi) is 3.53. The first kappa shape index (κ1) is 13.2. The molecular weight excluding hydrogens is 370 g/mol. The summed E-state index contributed by atoms with van der Waals surface area (Å²) in [7, 11) is 1.82. The van der Waals surface area contributed by atoms with Crippen molar-refractivity contribution in [3.63, 3.8) is 0 Å². The molecule has 0 radical (unpaired) electrons. The smallest absolute Gasteiger partial charge is 0.358 e. The van der Waals surface area contributed by atoms with Crippen molar-refractivity contribution < 1.29 is 4.92 Å². The first-order valence-corrected chi connectivity index (χ1v) is 6.54. The van der Waals surface area contributed by atoms with Gasteiger partial charge in [-0.3, -0.25) is 4.68 Å². The number of nitro groups is 1. The third-order valence-electron chi connectivity index (χ3n) is 2.45. The molecule has 0 N–H and O–H groups in total. The van der Waals surface area contributed by atoms with Crippen LogP contribution in [-0.4, -0.2) is 24.5 Å². The molecular formula is C9H9Br2N5O2. The number of nitrogens with zero attached hydrogens (tertiary/aromatic N) is 5. The molecule has 0 aliphatic heterocycles. The van der Waals surface area contributed by atoms with Gasteiger partial charge in [-0.1, -0.05) is 0 Å². The highest BCUT2D eigenvalue weighted by Gasteiger charge is 2.20. The van der Waals surface area contributed by atoms with E-state index in [4.69, 9.17) is 0 Å². The lowest BCUT2D eigenvalue weighted by Gasteiger charge is -1.99. The normalized spacial score (nSPS) is 10.9. The molecule has 18 heavy (non-hydrogen) atoms. The Labute approximate surface area is 119 Å². The summed E-state index contributed by atoms with van der Waals surface area (Å²) < 4.78 is 4.48. The predicted molar refractivity (Wildman–Crippen MR) is 71.3 cm³/mol. The summed E-state index contributed by atoms with van der Waals surface area (Å²) in [6.07, 6.45) is 1.58. The summed E-state index contributed by atoms with van der Waals surface area (Å²) in [5, 5.41) is 18.9. The number of rotatable bonds is 3. The molecule has 0 saturated heterocycles. The maximum absolute atomic E-state index is 10.7. The maximum Gasteiger partial charge on any atom is 0.404 e. The van der Waals surface area contributed by atoms with Crippen molar-refractivity contribution in [2.45, 2.75) is 13.5 Å². The number of hydrogen-bond donors (Lipinski definition) is 0. The van der Waals surface area contributed by atoms with Gasteiger partial charge in [0.15, 0.2) is 0 Å². The van der Waals surface area contributed by atoms with E-state index in [-0.39, 0.29) is 5.82 Å². The highest BCUT2D eigenvalue weighted by Crippen LogP contribution is 2.25. The van der Waals surface area contributed by atoms with Gasteiger partial charge in [-0.05, 0) is 43.7 Å². The Bertz CT molecular complexity index is 619. The van der Waals surface area contributed by atoms with E-state index in [0.717, 1.165) is 15.9 Å². The van der Waals surface area contributed by atoms with Gasteiger partial charge in [0, 0.05) is 7.05 Å². The molecule has 0 unspecified atom stereocenters. The molecule has 9 heteroatoms. The zero-order valence-electron chi connectivity index (χ0n) is 9.59. The van der Waals surface area contributed by atoms with E-state index in [1.165, 1.54) is 4.68 Å². The third kappa shape index (κ3) is 2.32. The molecule has 96 valence electrons. The van der Waals surface area contributed by atoms with Crippen molar-refractivity contribution in [1.29, 1.82) is 0 Å². The molecule has 2 aromatic rings. The molecule has 0 atom stereocenters. The van der Waals surface area contributed by atoms with E-state index in [1.54, 1.807) is 10.9 Å². The molecule has 0 fully saturated rings. The number of hydrogen-bond acceptors (Lipinski definition) is 4. The minimum atomic E-state index is -0.524. The zero-order chi connectivity index (χ0) is 13.4. The van der Waals surface area contributed by atoms with Crippen molar-refractivity contribution in [2.75, 3.05) is 0 Å². The maximum atomic E-state index is 10.7. The van der Waals surface area contributed by atoms with Crippen LogP contribution in [0.25, 0.3) is 0 Å². The highest BCUT2D eigenvalue weighted by molar-refractivity contribution is 9.11. The van der Waals surface area contributed by atoms with Crippen molar-refractivity contribution in [1.82, 2.24) is 19.6 Å². The summed E-state index contributed by atoms with van der Waals surface area (Å²) in [5.41, 5.74) is 1.77. The van der Waals surface area contributed by atoms with Crippen LogP contribution in [0.2, 0.25) is 0 Å². The van der Waals surface area contributed by atoms with Crippen LogP contribution in [0.5, 0.6) is 0 Å². The van der Waals surface area contributed by atoms with E-state index in [1.807, 2.05) is 14.0 Å². The molecule has 0 aliphatic rings. The van der Waals surface area contributed by atoms with Gasteiger partial charge in [0.05, 0.1) is 27.2 Å². The fraction of sp³-hybridized carbons (Fsp3) is 0.333. The minimum Gasteiger partial charge on any atom is -0.358 e. The molecule has 2 aromatic heterocycles. The standard InChI is InChI=1S/C9H9Br2N5O2/c1-5-8(11)7(14(2)12-5)4-15-3-6(10)9(13-15)16(17)18/h3H,4H2,1-2H3. The van der Waals surface area contributed by atoms with E-state index >= 15 is 0 Å². The SMILES string of the molecule is Cc1nn(C)c(Cn2cc(Br)c([N+](=O)[O-])n2)c1Br. The second-order valence-electron chi connectivity index (χ2n) is 3.73. The summed E-state index contributed by atoms with van der Waals surface area (Å²) in [6, 6.07) is 0. The minimum absolute atomic E-state index is 0.190. The van der Waals surface area contributed by atoms with Gasteiger partial charge in [-0.15, -0.1) is 0 Å². The molecule has 0 bridgehead atoms. The Hall–Kier alpha value is -1.22. The van der Waals surface area contributed by atoms with Crippen molar-refractivity contribution in [3.05, 3.63) is 36.6 Å². The molecule has 0 amide bonds. The monoisotopic (exact) mass is 377 g/mol. The van der Waals surface area contributed by atoms with E-state index in [0.29, 0.717) is 11.0 Å². The Balaban J connectivity index is 2.34. The number of aryl methyl sites for hydroxylation is 2. The van der Waals surface area contributed by atoms with Crippen molar-refractivity contribution in [2.24, 2.45) is 7.05 Å². The largest absolute Gasteiger partial charge is 0.404 e. The van der Waals surface area contributed by atoms with Crippen LogP contribution >= 0.6 is 31.9 Å². The topological polar surface area (TPSA) is 78.8 Å². The molecule has 0 saturated carbocycles. The summed E-state index contributed by atoms with van der Waals surface area (Å²) in [4.78, 5) is 10.2. The lowest BCUT2D eigenvalue weighted by Crippen LogP contribution is -2.07. The highest BCUT2D eigenvalue weighted by atomic mass is 79.9. The van der Waals surface area contributed by atoms with E-state index < -0.39 is 4.92 Å². The first-order valence-electron chi connectivity index (χ1n) is 4.95. The van der Waals surface area contributed by atoms with E-state index in [2.05, 4.69) is 42.1 Å². The zero-order valence-corrected chi connectivity index (χ0v) is 12.8. The van der Waals surface area contributed by atoms with Gasteiger partial charge in [-0.25, -0.2) is 0 Å². The second kappa shape index (κ2) is 4.81. The third-order valence-corrected chi connectivity index (χ3v) is 4.04. The van der Waals surface area contributed by atoms with E-state index in [9.17, 15) is 10.1 Å². The van der Waals surface area contributed by atoms with Crippen molar-refractivity contribution >= 4 is 37.7 Å². The molecule has 0 spiro atoms. The van der Waals surface area contributed by atoms with Crippen LogP contribution < -0.4 is 0 Å². The van der Waals surface area contributed by atoms with Crippen LogP contribution in [-0.2, 0) is 13.6 Å². The fourth-order valence-corrected chi connectivity index (χ4v) is 2.52. The molecule has 0 aliphatic carbocycles. The quantitative estimate of drug-likeness (QED) is 0.606. The van der Waals surface area contributed by atoms with Gasteiger partial charge in [0.1, 0.15) is 11.0 Å². The summed E-state index contributed by atoms with van der Waals surface area (Å²) in [6.45, 7) is 2.29. The molecule has 7 nitrogen and oxygen atoms in total. The van der Waals surface area contributed by atoms with Crippen LogP contribution in [0.4, 0.5) is 5.82 Å². The summed E-state index contributed by atoms with van der Waals surface area (Å²) in [5.74, 6) is -0.190. The Morgan fingerprint density at radius 1 is 1.44 bits per heavy atom. The lowest BCUT2D eigenvalue weighted by molar-refractivity contribution is -0.390. The fourth-order valence-electron chi connectivity index (χ4n) is 1.60. The van der Waals surface area contributed by atoms with Crippen LogP contribution in [0.3, 0.4) is 0 Å². The van der Waals surface area contributed by atoms with Gasteiger partial charge >= 0.3 is 5.82 Å². The number of halogens is 2.